The van der Waals surface area contributed by atoms with Crippen LogP contribution in [0.2, 0.25) is 0 Å². The highest BCUT2D eigenvalue weighted by atomic mass is 16.7. The van der Waals surface area contributed by atoms with Crippen molar-refractivity contribution >= 4 is 40.3 Å². The fraction of sp³-hybridized carbons (Fsp3) is 0.192. The number of hydrogen-bond donors (Lipinski definition) is 0. The summed E-state index contributed by atoms with van der Waals surface area (Å²) < 4.78 is 18.5. The SMILES string of the molecule is CO[C@@H](C)c1ccccc1B1O[C@H]2C=Cc3ccc4c(ncc5ccccc54)c3[C@H]2O1. The van der Waals surface area contributed by atoms with Crippen LogP contribution in [0.4, 0.5) is 0 Å². The van der Waals surface area contributed by atoms with Gasteiger partial charge in [0.05, 0.1) is 23.8 Å². The van der Waals surface area contributed by atoms with Crippen molar-refractivity contribution in [1.82, 2.24) is 4.98 Å². The molecule has 0 unspecified atom stereocenters. The molecule has 1 fully saturated rings. The zero-order chi connectivity index (χ0) is 20.9. The summed E-state index contributed by atoms with van der Waals surface area (Å²) in [6.07, 6.45) is 5.79. The topological polar surface area (TPSA) is 40.6 Å². The minimum absolute atomic E-state index is 0.0392. The number of benzene rings is 3. The smallest absolute Gasteiger partial charge is 0.398 e. The highest BCUT2D eigenvalue weighted by molar-refractivity contribution is 6.62. The van der Waals surface area contributed by atoms with Gasteiger partial charge in [-0.2, -0.15) is 0 Å². The summed E-state index contributed by atoms with van der Waals surface area (Å²) in [6, 6.07) is 20.9. The van der Waals surface area contributed by atoms with E-state index in [0.717, 1.165) is 38.4 Å². The Hall–Kier alpha value is -2.99. The van der Waals surface area contributed by atoms with Crippen LogP contribution in [0.15, 0.2) is 72.9 Å². The lowest BCUT2D eigenvalue weighted by atomic mass is 9.75. The Kier molecular flexibility index (Phi) is 4.42. The molecule has 3 aromatic carbocycles. The number of methoxy groups -OCH3 is 1. The molecule has 5 heteroatoms. The highest BCUT2D eigenvalue weighted by Crippen LogP contribution is 2.42. The van der Waals surface area contributed by atoms with E-state index in [4.69, 9.17) is 19.0 Å². The Morgan fingerprint density at radius 2 is 1.81 bits per heavy atom. The summed E-state index contributed by atoms with van der Waals surface area (Å²) in [6.45, 7) is 2.04. The van der Waals surface area contributed by atoms with Crippen LogP contribution >= 0.6 is 0 Å². The van der Waals surface area contributed by atoms with E-state index in [-0.39, 0.29) is 18.3 Å². The van der Waals surface area contributed by atoms with Gasteiger partial charge in [-0.1, -0.05) is 72.8 Å². The maximum absolute atomic E-state index is 6.56. The van der Waals surface area contributed by atoms with Crippen LogP contribution in [0.5, 0.6) is 0 Å². The zero-order valence-electron chi connectivity index (χ0n) is 17.5. The molecule has 1 aliphatic carbocycles. The fourth-order valence-corrected chi connectivity index (χ4v) is 4.82. The number of fused-ring (bicyclic) bond motifs is 7. The van der Waals surface area contributed by atoms with Crippen LogP contribution in [0.1, 0.15) is 35.8 Å². The van der Waals surface area contributed by atoms with E-state index in [2.05, 4.69) is 54.6 Å². The molecule has 1 aliphatic heterocycles. The van der Waals surface area contributed by atoms with Crippen LogP contribution in [0.3, 0.4) is 0 Å². The van der Waals surface area contributed by atoms with Gasteiger partial charge in [-0.25, -0.2) is 0 Å². The predicted octanol–water partition coefficient (Wildman–Crippen LogP) is 4.97. The Morgan fingerprint density at radius 3 is 2.71 bits per heavy atom. The molecular weight excluding hydrogens is 385 g/mol. The minimum Gasteiger partial charge on any atom is -0.398 e. The maximum atomic E-state index is 6.56. The van der Waals surface area contributed by atoms with Gasteiger partial charge in [-0.05, 0) is 28.9 Å². The molecule has 0 radical (unpaired) electrons. The Labute approximate surface area is 181 Å². The number of pyridine rings is 1. The minimum atomic E-state index is -0.449. The Morgan fingerprint density at radius 1 is 0.968 bits per heavy atom. The van der Waals surface area contributed by atoms with Gasteiger partial charge in [0.2, 0.25) is 0 Å². The zero-order valence-corrected chi connectivity index (χ0v) is 17.5. The average molecular weight is 407 g/mol. The van der Waals surface area contributed by atoms with Gasteiger partial charge >= 0.3 is 7.12 Å². The summed E-state index contributed by atoms with van der Waals surface area (Å²) in [5.74, 6) is 0. The number of rotatable bonds is 3. The molecule has 4 nitrogen and oxygen atoms in total. The van der Waals surface area contributed by atoms with Crippen molar-refractivity contribution in [2.45, 2.75) is 25.2 Å². The standard InChI is InChI=1S/C26H22BNO3/c1-16(29-2)19-8-5-6-10-22(19)27-30-23-14-12-17-11-13-21-20-9-4-3-7-18(20)15-28-25(21)24(17)26(23)31-27/h3-16,23,26H,1-2H3/t16-,23-,26-/m0/s1. The molecule has 31 heavy (non-hydrogen) atoms. The summed E-state index contributed by atoms with van der Waals surface area (Å²) in [7, 11) is 1.27. The molecule has 3 atom stereocenters. The molecule has 1 aromatic heterocycles. The van der Waals surface area contributed by atoms with Gasteiger partial charge in [0.15, 0.2) is 0 Å². The molecule has 0 amide bonds. The van der Waals surface area contributed by atoms with Gasteiger partial charge in [0.1, 0.15) is 0 Å². The first-order valence-electron chi connectivity index (χ1n) is 10.7. The Balaban J connectivity index is 1.46. The van der Waals surface area contributed by atoms with Crippen molar-refractivity contribution in [1.29, 1.82) is 0 Å². The first-order chi connectivity index (χ1) is 15.2. The highest BCUT2D eigenvalue weighted by Gasteiger charge is 2.44. The van der Waals surface area contributed by atoms with Gasteiger partial charge in [-0.15, -0.1) is 0 Å². The molecule has 0 saturated carbocycles. The molecule has 0 N–H and O–H groups in total. The first-order valence-corrected chi connectivity index (χ1v) is 10.7. The van der Waals surface area contributed by atoms with Crippen molar-refractivity contribution in [3.8, 4) is 0 Å². The van der Waals surface area contributed by atoms with Crippen LogP contribution in [-0.2, 0) is 14.0 Å². The summed E-state index contributed by atoms with van der Waals surface area (Å²) in [5.41, 5.74) is 5.33. The van der Waals surface area contributed by atoms with E-state index >= 15 is 0 Å². The number of hydrogen-bond acceptors (Lipinski definition) is 4. The van der Waals surface area contributed by atoms with E-state index < -0.39 is 7.12 Å². The van der Waals surface area contributed by atoms with Gasteiger partial charge < -0.3 is 14.0 Å². The third-order valence-electron chi connectivity index (χ3n) is 6.48. The molecule has 0 spiro atoms. The van der Waals surface area contributed by atoms with E-state index in [0.29, 0.717) is 0 Å². The molecule has 2 heterocycles. The lowest BCUT2D eigenvalue weighted by Gasteiger charge is -2.24. The van der Waals surface area contributed by atoms with Gasteiger partial charge in [0, 0.05) is 29.6 Å². The lowest BCUT2D eigenvalue weighted by Crippen LogP contribution is -2.36. The van der Waals surface area contributed by atoms with E-state index in [1.807, 2.05) is 31.3 Å². The second-order valence-corrected chi connectivity index (χ2v) is 8.17. The largest absolute Gasteiger partial charge is 0.495 e. The fourth-order valence-electron chi connectivity index (χ4n) is 4.82. The molecule has 0 bridgehead atoms. The summed E-state index contributed by atoms with van der Waals surface area (Å²) in [4.78, 5) is 4.85. The van der Waals surface area contributed by atoms with Crippen molar-refractivity contribution in [2.24, 2.45) is 0 Å². The van der Waals surface area contributed by atoms with Gasteiger partial charge in [0.25, 0.3) is 0 Å². The quantitative estimate of drug-likeness (QED) is 0.355. The van der Waals surface area contributed by atoms with Crippen LogP contribution in [0.25, 0.3) is 27.8 Å². The van der Waals surface area contributed by atoms with Gasteiger partial charge in [-0.3, -0.25) is 4.98 Å². The molecule has 4 aromatic rings. The number of aromatic nitrogens is 1. The molecule has 2 aliphatic rings. The second-order valence-electron chi connectivity index (χ2n) is 8.17. The number of ether oxygens (including phenoxy) is 1. The second kappa shape index (κ2) is 7.31. The van der Waals surface area contributed by atoms with Crippen molar-refractivity contribution in [3.05, 3.63) is 89.6 Å². The van der Waals surface area contributed by atoms with E-state index in [1.165, 1.54) is 5.39 Å². The number of nitrogens with zero attached hydrogens (tertiary/aromatic N) is 1. The normalized spacial score (nSPS) is 20.8. The molecule has 1 saturated heterocycles. The van der Waals surface area contributed by atoms with Crippen LogP contribution in [-0.4, -0.2) is 25.3 Å². The third-order valence-corrected chi connectivity index (χ3v) is 6.48. The lowest BCUT2D eigenvalue weighted by molar-refractivity contribution is 0.120. The third kappa shape index (κ3) is 2.93. The van der Waals surface area contributed by atoms with Crippen molar-refractivity contribution in [3.63, 3.8) is 0 Å². The molecule has 6 rings (SSSR count). The maximum Gasteiger partial charge on any atom is 0.495 e. The van der Waals surface area contributed by atoms with Crippen LogP contribution in [0, 0.1) is 0 Å². The first kappa shape index (κ1) is 18.8. The summed E-state index contributed by atoms with van der Waals surface area (Å²) >= 11 is 0. The average Bonchev–Trinajstić information content (AvgIpc) is 3.27. The predicted molar refractivity (Wildman–Crippen MR) is 124 cm³/mol. The van der Waals surface area contributed by atoms with Crippen molar-refractivity contribution < 1.29 is 14.0 Å². The monoisotopic (exact) mass is 407 g/mol. The van der Waals surface area contributed by atoms with Crippen LogP contribution < -0.4 is 5.46 Å². The molecule has 152 valence electrons. The molecular formula is C26H22BNO3. The summed E-state index contributed by atoms with van der Waals surface area (Å²) in [5, 5.41) is 3.49. The Bertz CT molecular complexity index is 1340. The van der Waals surface area contributed by atoms with Crippen molar-refractivity contribution in [2.75, 3.05) is 7.11 Å². The van der Waals surface area contributed by atoms with E-state index in [9.17, 15) is 0 Å². The van der Waals surface area contributed by atoms with E-state index in [1.54, 1.807) is 7.11 Å².